The minimum absolute atomic E-state index is 0.622. The van der Waals surface area contributed by atoms with Gasteiger partial charge in [-0.05, 0) is 55.6 Å². The zero-order chi connectivity index (χ0) is 11.7. The van der Waals surface area contributed by atoms with Crippen molar-refractivity contribution in [3.05, 3.63) is 21.9 Å². The molecule has 2 heteroatoms. The number of terminal acetylenes is 1. The Balaban J connectivity index is 1.62. The van der Waals surface area contributed by atoms with Gasteiger partial charge in [0.25, 0.3) is 0 Å². The number of hydrogen-bond donors (Lipinski definition) is 0. The molecule has 3 rings (SSSR count). The maximum absolute atomic E-state index is 5.57. The van der Waals surface area contributed by atoms with Crippen molar-refractivity contribution in [3.8, 4) is 12.3 Å². The van der Waals surface area contributed by atoms with Crippen LogP contribution in [0.4, 0.5) is 0 Å². The molecule has 1 spiro atoms. The molecule has 1 saturated carbocycles. The summed E-state index contributed by atoms with van der Waals surface area (Å²) in [6.45, 7) is 1.94. The molecule has 17 heavy (non-hydrogen) atoms. The molecule has 0 bridgehead atoms. The Morgan fingerprint density at radius 3 is 3.18 bits per heavy atom. The van der Waals surface area contributed by atoms with Gasteiger partial charge in [0.2, 0.25) is 0 Å². The Bertz CT molecular complexity index is 432. The fourth-order valence-corrected chi connectivity index (χ4v) is 4.07. The van der Waals surface area contributed by atoms with Gasteiger partial charge in [-0.2, -0.15) is 0 Å². The van der Waals surface area contributed by atoms with Crippen LogP contribution in [0.2, 0.25) is 0 Å². The summed E-state index contributed by atoms with van der Waals surface area (Å²) >= 11 is 1.79. The van der Waals surface area contributed by atoms with E-state index in [0.717, 1.165) is 24.0 Å². The van der Waals surface area contributed by atoms with Crippen LogP contribution < -0.4 is 0 Å². The van der Waals surface area contributed by atoms with E-state index in [2.05, 4.69) is 18.1 Å². The molecule has 1 nitrogen and oxygen atoms in total. The largest absolute Gasteiger partial charge is 0.381 e. The summed E-state index contributed by atoms with van der Waals surface area (Å²) in [7, 11) is 0. The van der Waals surface area contributed by atoms with Crippen LogP contribution in [0.1, 0.15) is 35.4 Å². The highest BCUT2D eigenvalue weighted by Crippen LogP contribution is 2.60. The van der Waals surface area contributed by atoms with Crippen LogP contribution in [0.5, 0.6) is 0 Å². The van der Waals surface area contributed by atoms with Crippen LogP contribution in [0, 0.1) is 23.7 Å². The third-order valence-electron chi connectivity index (χ3n) is 4.32. The predicted octanol–water partition coefficient (Wildman–Crippen LogP) is 3.48. The molecule has 1 saturated heterocycles. The summed E-state index contributed by atoms with van der Waals surface area (Å²) in [6, 6.07) is 4.28. The van der Waals surface area contributed by atoms with Crippen molar-refractivity contribution in [3.63, 3.8) is 0 Å². The lowest BCUT2D eigenvalue weighted by Crippen LogP contribution is -2.05. The van der Waals surface area contributed by atoms with Gasteiger partial charge in [0.05, 0.1) is 4.88 Å². The Morgan fingerprint density at radius 2 is 2.35 bits per heavy atom. The number of thiophene rings is 1. The van der Waals surface area contributed by atoms with Crippen molar-refractivity contribution in [1.29, 1.82) is 0 Å². The average molecular weight is 246 g/mol. The molecular formula is C15H18OS. The van der Waals surface area contributed by atoms with Gasteiger partial charge in [-0.25, -0.2) is 0 Å². The van der Waals surface area contributed by atoms with Gasteiger partial charge in [-0.3, -0.25) is 0 Å². The van der Waals surface area contributed by atoms with Crippen molar-refractivity contribution >= 4 is 11.3 Å². The van der Waals surface area contributed by atoms with Crippen LogP contribution in [0.3, 0.4) is 0 Å². The first-order valence-corrected chi connectivity index (χ1v) is 7.27. The van der Waals surface area contributed by atoms with E-state index in [0.29, 0.717) is 5.41 Å². The topological polar surface area (TPSA) is 9.23 Å². The quantitative estimate of drug-likeness (QED) is 0.726. The van der Waals surface area contributed by atoms with E-state index in [1.54, 1.807) is 11.3 Å². The maximum atomic E-state index is 5.57. The molecule has 1 aliphatic heterocycles. The highest BCUT2D eigenvalue weighted by Gasteiger charge is 2.52. The number of rotatable bonds is 2. The molecule has 1 aromatic heterocycles. The van der Waals surface area contributed by atoms with Crippen molar-refractivity contribution in [2.75, 3.05) is 13.2 Å². The van der Waals surface area contributed by atoms with Crippen LogP contribution in [-0.2, 0) is 11.2 Å². The summed E-state index contributed by atoms with van der Waals surface area (Å²) in [4.78, 5) is 2.53. The monoisotopic (exact) mass is 246 g/mol. The fraction of sp³-hybridized carbons (Fsp3) is 0.600. The molecule has 2 heterocycles. The molecular weight excluding hydrogens is 228 g/mol. The van der Waals surface area contributed by atoms with E-state index < -0.39 is 0 Å². The second kappa shape index (κ2) is 4.48. The van der Waals surface area contributed by atoms with E-state index in [4.69, 9.17) is 11.2 Å². The van der Waals surface area contributed by atoms with Gasteiger partial charge in [-0.1, -0.05) is 5.92 Å². The summed E-state index contributed by atoms with van der Waals surface area (Å²) in [5.74, 6) is 3.60. The lowest BCUT2D eigenvalue weighted by Gasteiger charge is -2.12. The zero-order valence-corrected chi connectivity index (χ0v) is 10.9. The Hall–Kier alpha value is -0.780. The SMILES string of the molecule is C#Cc1ccc(CC2CC23CCCOCC3)s1. The molecule has 90 valence electrons. The van der Waals surface area contributed by atoms with Gasteiger partial charge in [0.15, 0.2) is 0 Å². The molecule has 2 atom stereocenters. The predicted molar refractivity (Wildman–Crippen MR) is 71.2 cm³/mol. The van der Waals surface area contributed by atoms with Crippen molar-refractivity contribution < 1.29 is 4.74 Å². The van der Waals surface area contributed by atoms with E-state index in [9.17, 15) is 0 Å². The highest BCUT2D eigenvalue weighted by molar-refractivity contribution is 7.12. The molecule has 0 N–H and O–H groups in total. The third-order valence-corrected chi connectivity index (χ3v) is 5.36. The van der Waals surface area contributed by atoms with Gasteiger partial charge in [0.1, 0.15) is 0 Å². The molecule has 2 unspecified atom stereocenters. The van der Waals surface area contributed by atoms with Gasteiger partial charge < -0.3 is 4.74 Å². The first kappa shape index (κ1) is 11.3. The minimum Gasteiger partial charge on any atom is -0.381 e. The highest BCUT2D eigenvalue weighted by atomic mass is 32.1. The zero-order valence-electron chi connectivity index (χ0n) is 10.1. The molecule has 2 fully saturated rings. The maximum Gasteiger partial charge on any atom is 0.0768 e. The van der Waals surface area contributed by atoms with Crippen LogP contribution in [-0.4, -0.2) is 13.2 Å². The summed E-state index contributed by atoms with van der Waals surface area (Å²) in [6.07, 6.45) is 11.9. The first-order valence-electron chi connectivity index (χ1n) is 6.45. The normalized spacial score (nSPS) is 32.1. The van der Waals surface area contributed by atoms with E-state index in [1.165, 1.54) is 37.0 Å². The molecule has 0 aromatic carbocycles. The van der Waals surface area contributed by atoms with Crippen LogP contribution >= 0.6 is 11.3 Å². The minimum atomic E-state index is 0.622. The number of ether oxygens (including phenoxy) is 1. The lowest BCUT2D eigenvalue weighted by molar-refractivity contribution is 0.139. The van der Waals surface area contributed by atoms with Gasteiger partial charge >= 0.3 is 0 Å². The second-order valence-electron chi connectivity index (χ2n) is 5.34. The van der Waals surface area contributed by atoms with Gasteiger partial charge in [0, 0.05) is 18.1 Å². The van der Waals surface area contributed by atoms with E-state index >= 15 is 0 Å². The van der Waals surface area contributed by atoms with Crippen LogP contribution in [0.25, 0.3) is 0 Å². The Labute approximate surface area is 107 Å². The average Bonchev–Trinajstić information content (AvgIpc) is 2.91. The van der Waals surface area contributed by atoms with Crippen molar-refractivity contribution in [2.45, 2.75) is 32.1 Å². The molecule has 0 radical (unpaired) electrons. The molecule has 0 amide bonds. The standard InChI is InChI=1S/C15H18OS/c1-2-13-4-5-14(17-13)10-12-11-15(12)6-3-8-16-9-7-15/h1,4-5,12H,3,6-11H2. The molecule has 2 aliphatic rings. The van der Waals surface area contributed by atoms with Crippen molar-refractivity contribution in [1.82, 2.24) is 0 Å². The summed E-state index contributed by atoms with van der Waals surface area (Å²) in [5, 5.41) is 0. The van der Waals surface area contributed by atoms with Crippen molar-refractivity contribution in [2.24, 2.45) is 11.3 Å². The molecule has 1 aromatic rings. The summed E-state index contributed by atoms with van der Waals surface area (Å²) in [5.41, 5.74) is 0.622. The Kier molecular flexibility index (Phi) is 2.98. The lowest BCUT2D eigenvalue weighted by atomic mass is 9.93. The summed E-state index contributed by atoms with van der Waals surface area (Å²) < 4.78 is 5.57. The third kappa shape index (κ3) is 2.27. The second-order valence-corrected chi connectivity index (χ2v) is 6.51. The number of hydrogen-bond acceptors (Lipinski definition) is 2. The Morgan fingerprint density at radius 1 is 1.41 bits per heavy atom. The van der Waals surface area contributed by atoms with E-state index in [1.807, 2.05) is 0 Å². The first-order chi connectivity index (χ1) is 8.32. The van der Waals surface area contributed by atoms with Crippen LogP contribution in [0.15, 0.2) is 12.1 Å². The van der Waals surface area contributed by atoms with Gasteiger partial charge in [-0.15, -0.1) is 17.8 Å². The molecule has 1 aliphatic carbocycles. The smallest absolute Gasteiger partial charge is 0.0768 e. The fourth-order valence-electron chi connectivity index (χ4n) is 3.17. The van der Waals surface area contributed by atoms with E-state index in [-0.39, 0.29) is 0 Å².